The van der Waals surface area contributed by atoms with Crippen LogP contribution in [0.15, 0.2) is 23.6 Å². The van der Waals surface area contributed by atoms with E-state index in [1.54, 1.807) is 19.4 Å². The van der Waals surface area contributed by atoms with Gasteiger partial charge in [0.25, 0.3) is 11.6 Å². The highest BCUT2D eigenvalue weighted by Crippen LogP contribution is 2.22. The van der Waals surface area contributed by atoms with E-state index >= 15 is 0 Å². The molecule has 0 aliphatic heterocycles. The molecule has 126 valence electrons. The van der Waals surface area contributed by atoms with Crippen molar-refractivity contribution in [2.24, 2.45) is 0 Å². The van der Waals surface area contributed by atoms with E-state index in [0.717, 1.165) is 11.8 Å². The number of ether oxygens (including phenoxy) is 1. The summed E-state index contributed by atoms with van der Waals surface area (Å²) >= 11 is 1.25. The number of hydrogen-bond acceptors (Lipinski definition) is 8. The SMILES string of the molecule is CNc1ccc([N+](=O)[O-])cc1C(=O)OCC(=O)Nc1nc(C)cs1. The van der Waals surface area contributed by atoms with Gasteiger partial charge < -0.3 is 10.1 Å². The Bertz CT molecular complexity index is 789. The molecule has 0 unspecified atom stereocenters. The Morgan fingerprint density at radius 1 is 1.42 bits per heavy atom. The molecule has 1 heterocycles. The number of thiazole rings is 1. The minimum atomic E-state index is -0.839. The lowest BCUT2D eigenvalue weighted by atomic mass is 10.1. The highest BCUT2D eigenvalue weighted by Gasteiger charge is 2.18. The van der Waals surface area contributed by atoms with Gasteiger partial charge in [-0.15, -0.1) is 11.3 Å². The fourth-order valence-electron chi connectivity index (χ4n) is 1.81. The van der Waals surface area contributed by atoms with Crippen molar-refractivity contribution >= 4 is 39.7 Å². The number of amides is 1. The molecule has 10 heteroatoms. The van der Waals surface area contributed by atoms with E-state index in [-0.39, 0.29) is 11.3 Å². The Labute approximate surface area is 140 Å². The van der Waals surface area contributed by atoms with Crippen molar-refractivity contribution in [1.82, 2.24) is 4.98 Å². The molecule has 2 rings (SSSR count). The summed E-state index contributed by atoms with van der Waals surface area (Å²) < 4.78 is 4.91. The van der Waals surface area contributed by atoms with E-state index < -0.39 is 23.4 Å². The molecule has 9 nitrogen and oxygen atoms in total. The molecule has 0 bridgehead atoms. The third-order valence-corrected chi connectivity index (χ3v) is 3.78. The van der Waals surface area contributed by atoms with Crippen molar-refractivity contribution in [2.75, 3.05) is 24.3 Å². The van der Waals surface area contributed by atoms with E-state index in [9.17, 15) is 19.7 Å². The summed E-state index contributed by atoms with van der Waals surface area (Å²) in [5, 5.41) is 18.2. The van der Waals surface area contributed by atoms with Crippen LogP contribution in [-0.4, -0.2) is 35.4 Å². The highest BCUT2D eigenvalue weighted by atomic mass is 32.1. The molecule has 2 aromatic rings. The van der Waals surface area contributed by atoms with Crippen molar-refractivity contribution < 1.29 is 19.2 Å². The Kier molecular flexibility index (Phi) is 5.42. The van der Waals surface area contributed by atoms with Gasteiger partial charge in [0.15, 0.2) is 11.7 Å². The Morgan fingerprint density at radius 2 is 2.17 bits per heavy atom. The molecule has 2 N–H and O–H groups in total. The number of benzene rings is 1. The van der Waals surface area contributed by atoms with Crippen LogP contribution in [-0.2, 0) is 9.53 Å². The number of aryl methyl sites for hydroxylation is 1. The lowest BCUT2D eigenvalue weighted by molar-refractivity contribution is -0.384. The summed E-state index contributed by atoms with van der Waals surface area (Å²) in [5.41, 5.74) is 0.859. The van der Waals surface area contributed by atoms with Crippen LogP contribution < -0.4 is 10.6 Å². The molecule has 1 amide bonds. The Hall–Kier alpha value is -3.01. The van der Waals surface area contributed by atoms with Crippen LogP contribution in [0.2, 0.25) is 0 Å². The third kappa shape index (κ3) is 4.26. The molecule has 1 aromatic heterocycles. The monoisotopic (exact) mass is 350 g/mol. The number of carbonyl (C=O) groups excluding carboxylic acids is 2. The first-order valence-electron chi connectivity index (χ1n) is 6.76. The largest absolute Gasteiger partial charge is 0.452 e. The summed E-state index contributed by atoms with van der Waals surface area (Å²) in [6.07, 6.45) is 0. The van der Waals surface area contributed by atoms with Gasteiger partial charge in [0.2, 0.25) is 0 Å². The quantitative estimate of drug-likeness (QED) is 0.465. The van der Waals surface area contributed by atoms with Gasteiger partial charge >= 0.3 is 5.97 Å². The highest BCUT2D eigenvalue weighted by molar-refractivity contribution is 7.13. The molecule has 0 aliphatic carbocycles. The van der Waals surface area contributed by atoms with Crippen molar-refractivity contribution in [1.29, 1.82) is 0 Å². The maximum absolute atomic E-state index is 12.1. The molecule has 1 aromatic carbocycles. The Balaban J connectivity index is 2.02. The number of nitro groups is 1. The van der Waals surface area contributed by atoms with Crippen LogP contribution >= 0.6 is 11.3 Å². The normalized spacial score (nSPS) is 10.1. The van der Waals surface area contributed by atoms with Gasteiger partial charge in [0, 0.05) is 30.2 Å². The number of aromatic nitrogens is 1. The maximum atomic E-state index is 12.1. The fourth-order valence-corrected chi connectivity index (χ4v) is 2.51. The lowest BCUT2D eigenvalue weighted by Crippen LogP contribution is -2.21. The molecule has 0 radical (unpaired) electrons. The average molecular weight is 350 g/mol. The van der Waals surface area contributed by atoms with Crippen LogP contribution in [0.3, 0.4) is 0 Å². The van der Waals surface area contributed by atoms with Gasteiger partial charge in [-0.2, -0.15) is 0 Å². The standard InChI is InChI=1S/C14H14N4O5S/c1-8-7-24-14(16-8)17-12(19)6-23-13(20)10-5-9(18(21)22)3-4-11(10)15-2/h3-5,7,15H,6H2,1-2H3,(H,16,17,19). The second-order valence-corrected chi connectivity index (χ2v) is 5.51. The van der Waals surface area contributed by atoms with Crippen molar-refractivity contribution in [3.05, 3.63) is 45.0 Å². The number of nitro benzene ring substituents is 1. The first kappa shape index (κ1) is 17.3. The zero-order valence-electron chi connectivity index (χ0n) is 12.9. The van der Waals surface area contributed by atoms with Crippen molar-refractivity contribution in [3.8, 4) is 0 Å². The topological polar surface area (TPSA) is 123 Å². The zero-order valence-corrected chi connectivity index (χ0v) is 13.7. The number of hydrogen-bond donors (Lipinski definition) is 2. The number of anilines is 2. The zero-order chi connectivity index (χ0) is 17.7. The number of nitrogens with one attached hydrogen (secondary N) is 2. The summed E-state index contributed by atoms with van der Waals surface area (Å²) in [4.78, 5) is 38.1. The van der Waals surface area contributed by atoms with E-state index in [2.05, 4.69) is 15.6 Å². The number of non-ortho nitro benzene ring substituents is 1. The molecular weight excluding hydrogens is 336 g/mol. The minimum absolute atomic E-state index is 0.0235. The first-order valence-corrected chi connectivity index (χ1v) is 7.64. The van der Waals surface area contributed by atoms with Gasteiger partial charge in [-0.3, -0.25) is 20.2 Å². The van der Waals surface area contributed by atoms with Gasteiger partial charge in [-0.05, 0) is 13.0 Å². The summed E-state index contributed by atoms with van der Waals surface area (Å²) in [6.45, 7) is 1.26. The Morgan fingerprint density at radius 3 is 2.75 bits per heavy atom. The molecule has 0 aliphatic rings. The summed E-state index contributed by atoms with van der Waals surface area (Å²) in [7, 11) is 1.56. The van der Waals surface area contributed by atoms with Gasteiger partial charge in [-0.25, -0.2) is 9.78 Å². The van der Waals surface area contributed by atoms with Crippen molar-refractivity contribution in [2.45, 2.75) is 6.92 Å². The molecule has 0 spiro atoms. The van der Waals surface area contributed by atoms with Gasteiger partial charge in [0.05, 0.1) is 16.2 Å². The molecule has 0 fully saturated rings. The third-order valence-electron chi connectivity index (χ3n) is 2.90. The lowest BCUT2D eigenvalue weighted by Gasteiger charge is -2.09. The van der Waals surface area contributed by atoms with Crippen LogP contribution in [0.1, 0.15) is 16.1 Å². The van der Waals surface area contributed by atoms with Crippen LogP contribution in [0.4, 0.5) is 16.5 Å². The fraction of sp³-hybridized carbons (Fsp3) is 0.214. The van der Waals surface area contributed by atoms with Gasteiger partial charge in [0.1, 0.15) is 0 Å². The van der Waals surface area contributed by atoms with Crippen LogP contribution in [0.25, 0.3) is 0 Å². The van der Waals surface area contributed by atoms with Gasteiger partial charge in [-0.1, -0.05) is 0 Å². The summed E-state index contributed by atoms with van der Waals surface area (Å²) in [5.74, 6) is -1.39. The molecule has 0 saturated carbocycles. The predicted molar refractivity (Wildman–Crippen MR) is 88.4 cm³/mol. The van der Waals surface area contributed by atoms with Crippen LogP contribution in [0, 0.1) is 17.0 Å². The first-order chi connectivity index (χ1) is 11.4. The van der Waals surface area contributed by atoms with Crippen molar-refractivity contribution in [3.63, 3.8) is 0 Å². The van der Waals surface area contributed by atoms with E-state index in [1.165, 1.54) is 23.5 Å². The predicted octanol–water partition coefficient (Wildman–Crippen LogP) is 2.20. The molecular formula is C14H14N4O5S. The molecule has 24 heavy (non-hydrogen) atoms. The minimum Gasteiger partial charge on any atom is -0.452 e. The van der Waals surface area contributed by atoms with E-state index in [1.807, 2.05) is 0 Å². The number of nitrogens with zero attached hydrogens (tertiary/aromatic N) is 2. The average Bonchev–Trinajstić information content (AvgIpc) is 2.96. The maximum Gasteiger partial charge on any atom is 0.341 e. The second-order valence-electron chi connectivity index (χ2n) is 4.66. The van der Waals surface area contributed by atoms with E-state index in [0.29, 0.717) is 10.8 Å². The van der Waals surface area contributed by atoms with E-state index in [4.69, 9.17) is 4.74 Å². The number of esters is 1. The van der Waals surface area contributed by atoms with Crippen LogP contribution in [0.5, 0.6) is 0 Å². The number of rotatable bonds is 6. The molecule has 0 saturated heterocycles. The summed E-state index contributed by atoms with van der Waals surface area (Å²) in [6, 6.07) is 3.75. The molecule has 0 atom stereocenters. The second kappa shape index (κ2) is 7.51. The number of carbonyl (C=O) groups is 2. The smallest absolute Gasteiger partial charge is 0.341 e.